The Hall–Kier alpha value is -1.55. The first-order chi connectivity index (χ1) is 9.30. The van der Waals surface area contributed by atoms with Gasteiger partial charge in [-0.2, -0.15) is 0 Å². The molecule has 4 heteroatoms. The van der Waals surface area contributed by atoms with Crippen LogP contribution in [0.25, 0.3) is 0 Å². The number of nitrogens with two attached hydrogens (primary N) is 1. The number of nitrogens with zero attached hydrogens (tertiary/aromatic N) is 1. The van der Waals surface area contributed by atoms with E-state index in [-0.39, 0.29) is 17.1 Å². The van der Waals surface area contributed by atoms with Gasteiger partial charge in [-0.1, -0.05) is 20.8 Å². The molecule has 0 saturated carbocycles. The van der Waals surface area contributed by atoms with Crippen LogP contribution < -0.4 is 5.73 Å². The predicted octanol–water partition coefficient (Wildman–Crippen LogP) is 2.54. The quantitative estimate of drug-likeness (QED) is 0.840. The minimum atomic E-state index is -0.102. The summed E-state index contributed by atoms with van der Waals surface area (Å²) >= 11 is 0. The Balaban J connectivity index is 2.99. The monoisotopic (exact) mass is 278 g/mol. The van der Waals surface area contributed by atoms with Crippen LogP contribution in [0.1, 0.15) is 43.1 Å². The fourth-order valence-corrected chi connectivity index (χ4v) is 2.16. The third-order valence-corrected chi connectivity index (χ3v) is 3.39. The third kappa shape index (κ3) is 4.23. The first-order valence-corrected chi connectivity index (χ1v) is 7.09. The van der Waals surface area contributed by atoms with E-state index in [1.54, 1.807) is 18.2 Å². The van der Waals surface area contributed by atoms with Crippen LogP contribution in [0, 0.1) is 12.3 Å². The lowest BCUT2D eigenvalue weighted by Crippen LogP contribution is -2.42. The van der Waals surface area contributed by atoms with Crippen LogP contribution in [0.15, 0.2) is 18.2 Å². The van der Waals surface area contributed by atoms with Gasteiger partial charge in [0.25, 0.3) is 5.91 Å². The predicted molar refractivity (Wildman–Crippen MR) is 81.9 cm³/mol. The lowest BCUT2D eigenvalue weighted by molar-refractivity contribution is 0.0688. The zero-order chi connectivity index (χ0) is 15.3. The van der Waals surface area contributed by atoms with Crippen molar-refractivity contribution in [3.05, 3.63) is 29.3 Å². The summed E-state index contributed by atoms with van der Waals surface area (Å²) in [5.74, 6) is 0.189. The maximum absolute atomic E-state index is 12.7. The summed E-state index contributed by atoms with van der Waals surface area (Å²) in [5, 5.41) is 9.44. The topological polar surface area (TPSA) is 66.6 Å². The molecule has 1 aromatic rings. The van der Waals surface area contributed by atoms with Crippen LogP contribution in [0.5, 0.6) is 5.75 Å². The van der Waals surface area contributed by atoms with Crippen LogP contribution in [0.3, 0.4) is 0 Å². The number of benzene rings is 1. The largest absolute Gasteiger partial charge is 0.508 e. The van der Waals surface area contributed by atoms with Crippen molar-refractivity contribution >= 4 is 5.91 Å². The molecule has 1 rings (SSSR count). The van der Waals surface area contributed by atoms with E-state index in [9.17, 15) is 9.90 Å². The van der Waals surface area contributed by atoms with Gasteiger partial charge in [0.1, 0.15) is 5.75 Å². The fraction of sp³-hybridized carbons (Fsp3) is 0.562. The minimum Gasteiger partial charge on any atom is -0.508 e. The molecule has 0 aliphatic heterocycles. The van der Waals surface area contributed by atoms with Crippen molar-refractivity contribution in [3.8, 4) is 5.75 Å². The van der Waals surface area contributed by atoms with Crippen LogP contribution >= 0.6 is 0 Å². The van der Waals surface area contributed by atoms with Gasteiger partial charge in [-0.15, -0.1) is 0 Å². The molecule has 0 spiro atoms. The molecule has 4 nitrogen and oxygen atoms in total. The van der Waals surface area contributed by atoms with E-state index in [1.807, 2.05) is 11.8 Å². The van der Waals surface area contributed by atoms with Gasteiger partial charge >= 0.3 is 0 Å². The second-order valence-corrected chi connectivity index (χ2v) is 6.09. The Morgan fingerprint density at radius 2 is 2.05 bits per heavy atom. The SMILES string of the molecule is CCCN(CC(C)(C)CN)C(=O)c1ccc(O)cc1C. The van der Waals surface area contributed by atoms with Crippen molar-refractivity contribution in [3.63, 3.8) is 0 Å². The zero-order valence-electron chi connectivity index (χ0n) is 12.9. The molecule has 1 amide bonds. The summed E-state index contributed by atoms with van der Waals surface area (Å²) in [5.41, 5.74) is 7.10. The number of amides is 1. The Bertz CT molecular complexity index is 470. The van der Waals surface area contributed by atoms with Crippen LogP contribution in [-0.2, 0) is 0 Å². The van der Waals surface area contributed by atoms with E-state index in [1.165, 1.54) is 0 Å². The first-order valence-electron chi connectivity index (χ1n) is 7.09. The van der Waals surface area contributed by atoms with E-state index in [0.717, 1.165) is 12.0 Å². The lowest BCUT2D eigenvalue weighted by atomic mass is 9.92. The Labute approximate surface area is 121 Å². The molecular weight excluding hydrogens is 252 g/mol. The molecule has 0 aliphatic carbocycles. The number of hydrogen-bond acceptors (Lipinski definition) is 3. The maximum atomic E-state index is 12.7. The molecule has 0 unspecified atom stereocenters. The van der Waals surface area contributed by atoms with Gasteiger partial charge in [0.05, 0.1) is 0 Å². The minimum absolute atomic E-state index is 0.00544. The third-order valence-electron chi connectivity index (χ3n) is 3.39. The van der Waals surface area contributed by atoms with Crippen molar-refractivity contribution in [2.75, 3.05) is 19.6 Å². The highest BCUT2D eigenvalue weighted by Gasteiger charge is 2.24. The molecule has 0 fully saturated rings. The standard InChI is InChI=1S/C16H26N2O2/c1-5-8-18(11-16(3,4)10-17)15(20)14-7-6-13(19)9-12(14)2/h6-7,9,19H,5,8,10-11,17H2,1-4H3. The van der Waals surface area contributed by atoms with Crippen LogP contribution in [0.2, 0.25) is 0 Å². The van der Waals surface area contributed by atoms with Crippen LogP contribution in [-0.4, -0.2) is 35.5 Å². The second kappa shape index (κ2) is 6.75. The van der Waals surface area contributed by atoms with Gasteiger partial charge in [-0.25, -0.2) is 0 Å². The van der Waals surface area contributed by atoms with Gasteiger partial charge in [-0.05, 0) is 49.1 Å². The molecule has 0 radical (unpaired) electrons. The number of rotatable bonds is 6. The van der Waals surface area contributed by atoms with E-state index in [0.29, 0.717) is 25.2 Å². The number of aromatic hydroxyl groups is 1. The van der Waals surface area contributed by atoms with E-state index >= 15 is 0 Å². The van der Waals surface area contributed by atoms with Crippen molar-refractivity contribution in [1.29, 1.82) is 0 Å². The number of carbonyl (C=O) groups is 1. The highest BCUT2D eigenvalue weighted by molar-refractivity contribution is 5.95. The summed E-state index contributed by atoms with van der Waals surface area (Å²) in [7, 11) is 0. The normalized spacial score (nSPS) is 11.4. The summed E-state index contributed by atoms with van der Waals surface area (Å²) < 4.78 is 0. The van der Waals surface area contributed by atoms with Gasteiger partial charge in [-0.3, -0.25) is 4.79 Å². The number of hydrogen-bond donors (Lipinski definition) is 2. The summed E-state index contributed by atoms with van der Waals surface area (Å²) in [6, 6.07) is 4.86. The molecule has 0 atom stereocenters. The molecule has 0 saturated heterocycles. The van der Waals surface area contributed by atoms with E-state index in [2.05, 4.69) is 20.8 Å². The molecule has 1 aromatic carbocycles. The Kier molecular flexibility index (Phi) is 5.57. The molecular formula is C16H26N2O2. The van der Waals surface area contributed by atoms with Gasteiger partial charge in [0, 0.05) is 18.7 Å². The highest BCUT2D eigenvalue weighted by atomic mass is 16.3. The van der Waals surface area contributed by atoms with Gasteiger partial charge < -0.3 is 15.7 Å². The smallest absolute Gasteiger partial charge is 0.254 e. The zero-order valence-corrected chi connectivity index (χ0v) is 12.9. The Morgan fingerprint density at radius 1 is 1.40 bits per heavy atom. The fourth-order valence-electron chi connectivity index (χ4n) is 2.16. The summed E-state index contributed by atoms with van der Waals surface area (Å²) in [4.78, 5) is 14.5. The van der Waals surface area contributed by atoms with Crippen molar-refractivity contribution < 1.29 is 9.90 Å². The number of phenols is 1. The molecule has 0 aromatic heterocycles. The number of phenolic OH excluding ortho intramolecular Hbond substituents is 1. The Morgan fingerprint density at radius 3 is 2.55 bits per heavy atom. The lowest BCUT2D eigenvalue weighted by Gasteiger charge is -2.32. The van der Waals surface area contributed by atoms with Crippen molar-refractivity contribution in [2.45, 2.75) is 34.1 Å². The molecule has 0 heterocycles. The first kappa shape index (κ1) is 16.5. The van der Waals surface area contributed by atoms with Gasteiger partial charge in [0.15, 0.2) is 0 Å². The highest BCUT2D eigenvalue weighted by Crippen LogP contribution is 2.21. The average Bonchev–Trinajstić information content (AvgIpc) is 2.37. The molecule has 112 valence electrons. The molecule has 3 N–H and O–H groups in total. The van der Waals surface area contributed by atoms with Crippen LogP contribution in [0.4, 0.5) is 0 Å². The van der Waals surface area contributed by atoms with E-state index in [4.69, 9.17) is 5.73 Å². The summed E-state index contributed by atoms with van der Waals surface area (Å²) in [6.45, 7) is 9.90. The van der Waals surface area contributed by atoms with Gasteiger partial charge in [0.2, 0.25) is 0 Å². The average molecular weight is 278 g/mol. The molecule has 0 bridgehead atoms. The second-order valence-electron chi connectivity index (χ2n) is 6.09. The van der Waals surface area contributed by atoms with Crippen molar-refractivity contribution in [1.82, 2.24) is 4.90 Å². The summed E-state index contributed by atoms with van der Waals surface area (Å²) in [6.07, 6.45) is 0.906. The number of carbonyl (C=O) groups excluding carboxylic acids is 1. The van der Waals surface area contributed by atoms with E-state index < -0.39 is 0 Å². The molecule has 0 aliphatic rings. The van der Waals surface area contributed by atoms with Crippen molar-refractivity contribution in [2.24, 2.45) is 11.1 Å². The maximum Gasteiger partial charge on any atom is 0.254 e. The molecule has 20 heavy (non-hydrogen) atoms. The number of aryl methyl sites for hydroxylation is 1.